The molecule has 0 spiro atoms. The number of fused-ring (bicyclic) bond motifs is 1. The van der Waals surface area contributed by atoms with Gasteiger partial charge in [-0.3, -0.25) is 9.19 Å². The molecule has 3 rings (SSSR count). The summed E-state index contributed by atoms with van der Waals surface area (Å²) >= 11 is 6.20. The Morgan fingerprint density at radius 2 is 2.10 bits per heavy atom. The van der Waals surface area contributed by atoms with E-state index >= 15 is 0 Å². The zero-order valence-corrected chi connectivity index (χ0v) is 12.7. The minimum atomic E-state index is -0.604. The molecule has 1 saturated heterocycles. The molecular weight excluding hydrogens is 292 g/mol. The van der Waals surface area contributed by atoms with Gasteiger partial charge in [0.1, 0.15) is 0 Å². The highest BCUT2D eigenvalue weighted by atomic mass is 35.5. The van der Waals surface area contributed by atoms with Gasteiger partial charge in [-0.2, -0.15) is 0 Å². The van der Waals surface area contributed by atoms with Crippen LogP contribution in [0.15, 0.2) is 30.5 Å². The fourth-order valence-corrected chi connectivity index (χ4v) is 4.11. The number of hydrogen-bond acceptors (Lipinski definition) is 3. The van der Waals surface area contributed by atoms with Gasteiger partial charge in [-0.15, -0.1) is 0 Å². The van der Waals surface area contributed by atoms with Crippen LogP contribution in [0, 0.1) is 0 Å². The van der Waals surface area contributed by atoms with Crippen molar-refractivity contribution in [3.63, 3.8) is 0 Å². The number of benzene rings is 1. The highest BCUT2D eigenvalue weighted by Crippen LogP contribution is 2.25. The van der Waals surface area contributed by atoms with E-state index in [1.165, 1.54) is 0 Å². The lowest BCUT2D eigenvalue weighted by Gasteiger charge is -2.22. The second-order valence-electron chi connectivity index (χ2n) is 5.11. The number of hydrogen-bond donors (Lipinski definition) is 1. The van der Waals surface area contributed by atoms with Crippen LogP contribution in [0.2, 0.25) is 5.02 Å². The average Bonchev–Trinajstić information content (AvgIpc) is 2.49. The summed E-state index contributed by atoms with van der Waals surface area (Å²) < 4.78 is 11.4. The van der Waals surface area contributed by atoms with Crippen LogP contribution in [0.1, 0.15) is 18.4 Å². The SMILES string of the molecule is O=S1CCC(NCc2ccc(Cl)c3cccnc23)CC1. The molecule has 0 saturated carbocycles. The van der Waals surface area contributed by atoms with Gasteiger partial charge in [0.2, 0.25) is 0 Å². The smallest absolute Gasteiger partial charge is 0.0761 e. The van der Waals surface area contributed by atoms with E-state index in [1.54, 1.807) is 6.20 Å². The number of nitrogens with zero attached hydrogens (tertiary/aromatic N) is 1. The number of nitrogens with one attached hydrogen (secondary N) is 1. The maximum Gasteiger partial charge on any atom is 0.0761 e. The van der Waals surface area contributed by atoms with E-state index in [2.05, 4.69) is 10.3 Å². The molecule has 0 bridgehead atoms. The summed E-state index contributed by atoms with van der Waals surface area (Å²) in [5, 5.41) is 5.29. The molecule has 1 aromatic heterocycles. The van der Waals surface area contributed by atoms with Crippen molar-refractivity contribution in [3.05, 3.63) is 41.0 Å². The Bertz CT molecular complexity index is 637. The minimum absolute atomic E-state index is 0.460. The van der Waals surface area contributed by atoms with Crippen LogP contribution in [-0.4, -0.2) is 26.7 Å². The molecule has 20 heavy (non-hydrogen) atoms. The van der Waals surface area contributed by atoms with Crippen molar-refractivity contribution >= 4 is 33.3 Å². The van der Waals surface area contributed by atoms with Crippen LogP contribution >= 0.6 is 11.6 Å². The van der Waals surface area contributed by atoms with Gasteiger partial charge in [-0.1, -0.05) is 17.7 Å². The van der Waals surface area contributed by atoms with E-state index in [1.807, 2.05) is 24.3 Å². The Hall–Kier alpha value is -0.970. The summed E-state index contributed by atoms with van der Waals surface area (Å²) in [7, 11) is -0.604. The van der Waals surface area contributed by atoms with E-state index in [-0.39, 0.29) is 0 Å². The number of rotatable bonds is 3. The molecule has 106 valence electrons. The molecule has 1 aliphatic rings. The van der Waals surface area contributed by atoms with Gasteiger partial charge in [0, 0.05) is 51.5 Å². The molecule has 5 heteroatoms. The second kappa shape index (κ2) is 6.20. The molecule has 1 N–H and O–H groups in total. The maximum absolute atomic E-state index is 11.4. The highest BCUT2D eigenvalue weighted by Gasteiger charge is 2.17. The van der Waals surface area contributed by atoms with Crippen LogP contribution in [-0.2, 0) is 17.3 Å². The monoisotopic (exact) mass is 308 g/mol. The zero-order valence-electron chi connectivity index (χ0n) is 11.1. The molecule has 0 unspecified atom stereocenters. The van der Waals surface area contributed by atoms with Gasteiger partial charge in [0.25, 0.3) is 0 Å². The first-order valence-corrected chi connectivity index (χ1v) is 8.71. The molecule has 1 fully saturated rings. The van der Waals surface area contributed by atoms with Crippen molar-refractivity contribution in [2.45, 2.75) is 25.4 Å². The molecule has 2 heterocycles. The Kier molecular flexibility index (Phi) is 4.34. The summed E-state index contributed by atoms with van der Waals surface area (Å²) in [5.74, 6) is 1.63. The Labute approximate surface area is 126 Å². The lowest BCUT2D eigenvalue weighted by atomic mass is 10.1. The first kappa shape index (κ1) is 14.0. The Balaban J connectivity index is 1.75. The Morgan fingerprint density at radius 3 is 2.90 bits per heavy atom. The quantitative estimate of drug-likeness (QED) is 0.948. The first-order valence-electron chi connectivity index (χ1n) is 6.84. The van der Waals surface area contributed by atoms with E-state index in [0.717, 1.165) is 52.4 Å². The van der Waals surface area contributed by atoms with Crippen molar-refractivity contribution in [3.8, 4) is 0 Å². The summed E-state index contributed by atoms with van der Waals surface area (Å²) in [5.41, 5.74) is 2.13. The van der Waals surface area contributed by atoms with Crippen LogP contribution in [0.25, 0.3) is 10.9 Å². The van der Waals surface area contributed by atoms with Gasteiger partial charge in [-0.25, -0.2) is 0 Å². The van der Waals surface area contributed by atoms with Crippen LogP contribution in [0.4, 0.5) is 0 Å². The third kappa shape index (κ3) is 3.03. The number of aromatic nitrogens is 1. The van der Waals surface area contributed by atoms with Gasteiger partial charge in [0.05, 0.1) is 5.52 Å². The van der Waals surface area contributed by atoms with Crippen molar-refractivity contribution in [1.82, 2.24) is 10.3 Å². The first-order chi connectivity index (χ1) is 9.74. The fraction of sp³-hybridized carbons (Fsp3) is 0.400. The summed E-state index contributed by atoms with van der Waals surface area (Å²) in [4.78, 5) is 4.44. The standard InChI is InChI=1S/C15H17ClN2OS/c16-14-4-3-11(15-13(14)2-1-7-17-15)10-18-12-5-8-20(19)9-6-12/h1-4,7,12,18H,5-6,8-10H2. The maximum atomic E-state index is 11.4. The molecule has 1 aromatic carbocycles. The summed E-state index contributed by atoms with van der Waals surface area (Å²) in [6, 6.07) is 8.33. The largest absolute Gasteiger partial charge is 0.310 e. The second-order valence-corrected chi connectivity index (χ2v) is 7.21. The van der Waals surface area contributed by atoms with Crippen molar-refractivity contribution < 1.29 is 4.21 Å². The van der Waals surface area contributed by atoms with Gasteiger partial charge >= 0.3 is 0 Å². The van der Waals surface area contributed by atoms with E-state index in [9.17, 15) is 4.21 Å². The third-order valence-electron chi connectivity index (χ3n) is 3.77. The lowest BCUT2D eigenvalue weighted by Crippen LogP contribution is -2.35. The van der Waals surface area contributed by atoms with Gasteiger partial charge in [-0.05, 0) is 36.6 Å². The van der Waals surface area contributed by atoms with E-state index in [0.29, 0.717) is 6.04 Å². The molecule has 3 nitrogen and oxygen atoms in total. The normalized spacial score (nSPS) is 23.1. The zero-order chi connectivity index (χ0) is 13.9. The third-order valence-corrected chi connectivity index (χ3v) is 5.48. The molecule has 2 aromatic rings. The average molecular weight is 309 g/mol. The van der Waals surface area contributed by atoms with Crippen LogP contribution in [0.5, 0.6) is 0 Å². The topological polar surface area (TPSA) is 42.0 Å². The summed E-state index contributed by atoms with van der Waals surface area (Å²) in [6.45, 7) is 0.780. The lowest BCUT2D eigenvalue weighted by molar-refractivity contribution is 0.476. The van der Waals surface area contributed by atoms with E-state index in [4.69, 9.17) is 11.6 Å². The highest BCUT2D eigenvalue weighted by molar-refractivity contribution is 7.85. The van der Waals surface area contributed by atoms with Crippen molar-refractivity contribution in [2.75, 3.05) is 11.5 Å². The molecule has 0 atom stereocenters. The van der Waals surface area contributed by atoms with Crippen LogP contribution < -0.4 is 5.32 Å². The molecule has 0 aliphatic carbocycles. The Morgan fingerprint density at radius 1 is 1.30 bits per heavy atom. The number of halogens is 1. The van der Waals surface area contributed by atoms with Gasteiger partial charge in [0.15, 0.2) is 0 Å². The molecule has 1 aliphatic heterocycles. The molecular formula is C15H17ClN2OS. The predicted molar refractivity (Wildman–Crippen MR) is 84.5 cm³/mol. The van der Waals surface area contributed by atoms with Gasteiger partial charge < -0.3 is 5.32 Å². The van der Waals surface area contributed by atoms with Crippen molar-refractivity contribution in [1.29, 1.82) is 0 Å². The van der Waals surface area contributed by atoms with Crippen LogP contribution in [0.3, 0.4) is 0 Å². The fourth-order valence-electron chi connectivity index (χ4n) is 2.59. The van der Waals surface area contributed by atoms with E-state index < -0.39 is 10.8 Å². The molecule has 0 amide bonds. The predicted octanol–water partition coefficient (Wildman–Crippen LogP) is 2.89. The molecule has 0 radical (unpaired) electrons. The van der Waals surface area contributed by atoms with Crippen molar-refractivity contribution in [2.24, 2.45) is 0 Å². The summed E-state index contributed by atoms with van der Waals surface area (Å²) in [6.07, 6.45) is 3.78. The number of pyridine rings is 1. The minimum Gasteiger partial charge on any atom is -0.310 e.